The van der Waals surface area contributed by atoms with Gasteiger partial charge in [0.1, 0.15) is 0 Å². The molecule has 0 aromatic rings. The molecule has 4 heteroatoms. The van der Waals surface area contributed by atoms with Gasteiger partial charge in [-0.05, 0) is 39.2 Å². The highest BCUT2D eigenvalue weighted by Gasteiger charge is 2.21. The van der Waals surface area contributed by atoms with Gasteiger partial charge in [0.2, 0.25) is 5.91 Å². The average Bonchev–Trinajstić information content (AvgIpc) is 2.41. The molecule has 0 saturated carbocycles. The van der Waals surface area contributed by atoms with Crippen LogP contribution in [0.1, 0.15) is 46.0 Å². The number of amides is 1. The summed E-state index contributed by atoms with van der Waals surface area (Å²) < 4.78 is 5.25. The molecule has 0 radical (unpaired) electrons. The van der Waals surface area contributed by atoms with Crippen LogP contribution in [0.4, 0.5) is 0 Å². The SMILES string of the molecule is CCCNC1CCN(C(=O)CCCOCC)CC1. The van der Waals surface area contributed by atoms with E-state index in [0.717, 1.165) is 45.5 Å². The molecule has 4 nitrogen and oxygen atoms in total. The molecule has 1 aliphatic rings. The number of ether oxygens (including phenoxy) is 1. The predicted molar refractivity (Wildman–Crippen MR) is 73.6 cm³/mol. The standard InChI is InChI=1S/C14H28N2O2/c1-3-9-15-13-7-10-16(11-8-13)14(17)6-5-12-18-4-2/h13,15H,3-12H2,1-2H3. The largest absolute Gasteiger partial charge is 0.382 e. The smallest absolute Gasteiger partial charge is 0.222 e. The monoisotopic (exact) mass is 256 g/mol. The normalized spacial score (nSPS) is 17.1. The Hall–Kier alpha value is -0.610. The van der Waals surface area contributed by atoms with Gasteiger partial charge >= 0.3 is 0 Å². The van der Waals surface area contributed by atoms with Gasteiger partial charge in [0.05, 0.1) is 0 Å². The van der Waals surface area contributed by atoms with Crippen LogP contribution in [0.2, 0.25) is 0 Å². The summed E-state index contributed by atoms with van der Waals surface area (Å²) >= 11 is 0. The topological polar surface area (TPSA) is 41.6 Å². The zero-order valence-electron chi connectivity index (χ0n) is 11.9. The summed E-state index contributed by atoms with van der Waals surface area (Å²) in [6.45, 7) is 8.52. The van der Waals surface area contributed by atoms with Gasteiger partial charge in [0, 0.05) is 38.8 Å². The van der Waals surface area contributed by atoms with E-state index in [2.05, 4.69) is 12.2 Å². The Morgan fingerprint density at radius 1 is 1.33 bits per heavy atom. The predicted octanol–water partition coefficient (Wildman–Crippen LogP) is 1.79. The van der Waals surface area contributed by atoms with Crippen molar-refractivity contribution in [2.24, 2.45) is 0 Å². The zero-order valence-corrected chi connectivity index (χ0v) is 11.9. The molecule has 0 bridgehead atoms. The lowest BCUT2D eigenvalue weighted by Gasteiger charge is -2.32. The Bertz CT molecular complexity index is 226. The van der Waals surface area contributed by atoms with Crippen molar-refractivity contribution in [2.75, 3.05) is 32.8 Å². The van der Waals surface area contributed by atoms with Crippen LogP contribution in [0, 0.1) is 0 Å². The molecule has 0 aliphatic carbocycles. The fourth-order valence-corrected chi connectivity index (χ4v) is 2.31. The maximum absolute atomic E-state index is 11.9. The molecule has 0 aromatic carbocycles. The number of carbonyl (C=O) groups excluding carboxylic acids is 1. The summed E-state index contributed by atoms with van der Waals surface area (Å²) in [4.78, 5) is 13.9. The molecule has 1 rings (SSSR count). The van der Waals surface area contributed by atoms with Crippen molar-refractivity contribution < 1.29 is 9.53 Å². The highest BCUT2D eigenvalue weighted by molar-refractivity contribution is 5.76. The maximum Gasteiger partial charge on any atom is 0.222 e. The van der Waals surface area contributed by atoms with Crippen molar-refractivity contribution in [2.45, 2.75) is 52.0 Å². The number of nitrogens with zero attached hydrogens (tertiary/aromatic N) is 1. The van der Waals surface area contributed by atoms with Crippen molar-refractivity contribution in [3.8, 4) is 0 Å². The molecule has 1 saturated heterocycles. The second-order valence-corrected chi connectivity index (χ2v) is 4.91. The molecule has 1 heterocycles. The molecule has 0 atom stereocenters. The number of likely N-dealkylation sites (tertiary alicyclic amines) is 1. The third-order valence-corrected chi connectivity index (χ3v) is 3.41. The second-order valence-electron chi connectivity index (χ2n) is 4.91. The van der Waals surface area contributed by atoms with Crippen LogP contribution < -0.4 is 5.32 Å². The van der Waals surface area contributed by atoms with E-state index in [0.29, 0.717) is 25.0 Å². The van der Waals surface area contributed by atoms with Crippen LogP contribution >= 0.6 is 0 Å². The van der Waals surface area contributed by atoms with Gasteiger partial charge in [-0.2, -0.15) is 0 Å². The molecule has 1 N–H and O–H groups in total. The van der Waals surface area contributed by atoms with Crippen molar-refractivity contribution in [1.29, 1.82) is 0 Å². The van der Waals surface area contributed by atoms with Gasteiger partial charge < -0.3 is 15.0 Å². The third kappa shape index (κ3) is 5.83. The molecule has 1 aliphatic heterocycles. The van der Waals surface area contributed by atoms with Gasteiger partial charge in [0.15, 0.2) is 0 Å². The highest BCUT2D eigenvalue weighted by Crippen LogP contribution is 2.12. The first-order valence-electron chi connectivity index (χ1n) is 7.36. The minimum Gasteiger partial charge on any atom is -0.382 e. The molecule has 0 aromatic heterocycles. The Kier molecular flexibility index (Phi) is 8.01. The molecule has 0 spiro atoms. The summed E-state index contributed by atoms with van der Waals surface area (Å²) in [5, 5.41) is 3.53. The molecule has 0 unspecified atom stereocenters. The minimum absolute atomic E-state index is 0.295. The summed E-state index contributed by atoms with van der Waals surface area (Å²) in [6.07, 6.45) is 4.85. The lowest BCUT2D eigenvalue weighted by molar-refractivity contribution is -0.132. The van der Waals surface area contributed by atoms with E-state index >= 15 is 0 Å². The van der Waals surface area contributed by atoms with Crippen LogP contribution in [0.15, 0.2) is 0 Å². The molecule has 1 fully saturated rings. The van der Waals surface area contributed by atoms with Gasteiger partial charge in [-0.3, -0.25) is 4.79 Å². The number of rotatable bonds is 8. The van der Waals surface area contributed by atoms with Crippen LogP contribution in [0.25, 0.3) is 0 Å². The fourth-order valence-electron chi connectivity index (χ4n) is 2.31. The summed E-state index contributed by atoms with van der Waals surface area (Å²) in [5.74, 6) is 0.295. The first-order chi connectivity index (χ1) is 8.77. The third-order valence-electron chi connectivity index (χ3n) is 3.41. The average molecular weight is 256 g/mol. The van der Waals surface area contributed by atoms with E-state index in [-0.39, 0.29) is 0 Å². The number of nitrogens with one attached hydrogen (secondary N) is 1. The van der Waals surface area contributed by atoms with Crippen molar-refractivity contribution >= 4 is 5.91 Å². The second kappa shape index (κ2) is 9.34. The van der Waals surface area contributed by atoms with Gasteiger partial charge in [-0.1, -0.05) is 6.92 Å². The number of piperidine rings is 1. The molecular formula is C14H28N2O2. The Labute approximate surface area is 111 Å². The van der Waals surface area contributed by atoms with Gasteiger partial charge in [0.25, 0.3) is 0 Å². The van der Waals surface area contributed by atoms with Gasteiger partial charge in [-0.15, -0.1) is 0 Å². The number of carbonyl (C=O) groups is 1. The zero-order chi connectivity index (χ0) is 13.2. The van der Waals surface area contributed by atoms with Crippen LogP contribution in [0.3, 0.4) is 0 Å². The van der Waals surface area contributed by atoms with E-state index in [9.17, 15) is 4.79 Å². The van der Waals surface area contributed by atoms with Crippen molar-refractivity contribution in [1.82, 2.24) is 10.2 Å². The molecule has 1 amide bonds. The van der Waals surface area contributed by atoms with E-state index in [1.54, 1.807) is 0 Å². The summed E-state index contributed by atoms with van der Waals surface area (Å²) in [5.41, 5.74) is 0. The quantitative estimate of drug-likeness (QED) is 0.673. The van der Waals surface area contributed by atoms with E-state index in [4.69, 9.17) is 4.74 Å². The number of hydrogen-bond acceptors (Lipinski definition) is 3. The van der Waals surface area contributed by atoms with Crippen LogP contribution in [-0.2, 0) is 9.53 Å². The Morgan fingerprint density at radius 2 is 2.06 bits per heavy atom. The lowest BCUT2D eigenvalue weighted by Crippen LogP contribution is -2.45. The first kappa shape index (κ1) is 15.4. The summed E-state index contributed by atoms with van der Waals surface area (Å²) in [7, 11) is 0. The fraction of sp³-hybridized carbons (Fsp3) is 0.929. The first-order valence-corrected chi connectivity index (χ1v) is 7.36. The molecule has 18 heavy (non-hydrogen) atoms. The van der Waals surface area contributed by atoms with Crippen molar-refractivity contribution in [3.05, 3.63) is 0 Å². The summed E-state index contributed by atoms with van der Waals surface area (Å²) in [6, 6.07) is 0.609. The van der Waals surface area contributed by atoms with E-state index in [1.807, 2.05) is 11.8 Å². The number of hydrogen-bond donors (Lipinski definition) is 1. The molecule has 106 valence electrons. The maximum atomic E-state index is 11.9. The lowest BCUT2D eigenvalue weighted by atomic mass is 10.0. The van der Waals surface area contributed by atoms with E-state index in [1.165, 1.54) is 6.42 Å². The van der Waals surface area contributed by atoms with E-state index < -0.39 is 0 Å². The Balaban J connectivity index is 2.11. The van der Waals surface area contributed by atoms with Gasteiger partial charge in [-0.25, -0.2) is 0 Å². The molecular weight excluding hydrogens is 228 g/mol. The van der Waals surface area contributed by atoms with Crippen LogP contribution in [-0.4, -0.2) is 49.7 Å². The highest BCUT2D eigenvalue weighted by atomic mass is 16.5. The van der Waals surface area contributed by atoms with Crippen molar-refractivity contribution in [3.63, 3.8) is 0 Å². The van der Waals surface area contributed by atoms with Crippen LogP contribution in [0.5, 0.6) is 0 Å². The minimum atomic E-state index is 0.295. The Morgan fingerprint density at radius 3 is 2.67 bits per heavy atom.